The number of hydrogen-bond acceptors (Lipinski definition) is 2. The average molecular weight is 246 g/mol. The lowest BCUT2D eigenvalue weighted by Gasteiger charge is -2.23. The van der Waals surface area contributed by atoms with Crippen LogP contribution in [0, 0.1) is 5.41 Å². The highest BCUT2D eigenvalue weighted by Crippen LogP contribution is 2.48. The molecular formula is C15H22N2O. The molecule has 3 N–H and O–H groups in total. The van der Waals surface area contributed by atoms with Gasteiger partial charge in [0.25, 0.3) is 0 Å². The quantitative estimate of drug-likeness (QED) is 0.809. The first-order valence-electron chi connectivity index (χ1n) is 6.60. The monoisotopic (exact) mass is 246 g/mol. The Bertz CT molecular complexity index is 412. The minimum Gasteiger partial charge on any atom is -0.368 e. The number of amides is 1. The van der Waals surface area contributed by atoms with Gasteiger partial charge in [-0.25, -0.2) is 0 Å². The molecule has 0 heterocycles. The molecule has 2 atom stereocenters. The molecule has 0 spiro atoms. The van der Waals surface area contributed by atoms with Crippen LogP contribution in [0.2, 0.25) is 0 Å². The maximum atomic E-state index is 11.5. The molecule has 1 unspecified atom stereocenters. The van der Waals surface area contributed by atoms with Gasteiger partial charge in [0, 0.05) is 6.04 Å². The smallest absolute Gasteiger partial charge is 0.234 e. The van der Waals surface area contributed by atoms with Gasteiger partial charge < -0.3 is 5.73 Å². The molecule has 0 aromatic heterocycles. The lowest BCUT2D eigenvalue weighted by molar-refractivity contribution is -0.120. The van der Waals surface area contributed by atoms with Crippen LogP contribution in [0.4, 0.5) is 0 Å². The van der Waals surface area contributed by atoms with Crippen LogP contribution in [0.5, 0.6) is 0 Å². The number of carbonyl (C=O) groups excluding carboxylic acids is 1. The molecule has 1 aliphatic carbocycles. The second-order valence-corrected chi connectivity index (χ2v) is 5.77. The molecule has 3 nitrogen and oxygen atoms in total. The molecule has 0 radical (unpaired) electrons. The van der Waals surface area contributed by atoms with Crippen molar-refractivity contribution in [1.29, 1.82) is 0 Å². The Morgan fingerprint density at radius 3 is 2.50 bits per heavy atom. The molecule has 1 aliphatic rings. The van der Waals surface area contributed by atoms with E-state index in [1.54, 1.807) is 0 Å². The standard InChI is InChI=1S/C15H22N2O/c1-11(12-6-4-3-5-7-12)17-13(14(16)18)10-15(2)8-9-15/h3-7,11,13,17H,8-10H2,1-2H3,(H2,16,18)/t11-,13?/m1/s1. The van der Waals surface area contributed by atoms with Gasteiger partial charge in [-0.15, -0.1) is 0 Å². The van der Waals surface area contributed by atoms with Crippen molar-refractivity contribution in [3.8, 4) is 0 Å². The zero-order valence-electron chi connectivity index (χ0n) is 11.1. The van der Waals surface area contributed by atoms with E-state index in [0.29, 0.717) is 5.41 Å². The van der Waals surface area contributed by atoms with Gasteiger partial charge >= 0.3 is 0 Å². The van der Waals surface area contributed by atoms with E-state index in [2.05, 4.69) is 31.3 Å². The summed E-state index contributed by atoms with van der Waals surface area (Å²) in [7, 11) is 0. The molecule has 3 heteroatoms. The maximum absolute atomic E-state index is 11.5. The number of benzene rings is 1. The van der Waals surface area contributed by atoms with E-state index >= 15 is 0 Å². The summed E-state index contributed by atoms with van der Waals surface area (Å²) in [5.41, 5.74) is 7.00. The Kier molecular flexibility index (Phi) is 3.71. The Hall–Kier alpha value is -1.35. The number of primary amides is 1. The van der Waals surface area contributed by atoms with E-state index in [1.165, 1.54) is 18.4 Å². The predicted molar refractivity (Wildman–Crippen MR) is 72.9 cm³/mol. The summed E-state index contributed by atoms with van der Waals surface area (Å²) in [5, 5.41) is 3.35. The van der Waals surface area contributed by atoms with Gasteiger partial charge in [-0.2, -0.15) is 0 Å². The third kappa shape index (κ3) is 3.33. The first kappa shape index (κ1) is 13.1. The molecular weight excluding hydrogens is 224 g/mol. The van der Waals surface area contributed by atoms with Crippen molar-refractivity contribution in [3.63, 3.8) is 0 Å². The fourth-order valence-electron chi connectivity index (χ4n) is 2.29. The number of nitrogens with two attached hydrogens (primary N) is 1. The molecule has 1 saturated carbocycles. The predicted octanol–water partition coefficient (Wildman–Crippen LogP) is 2.38. The van der Waals surface area contributed by atoms with Crippen molar-refractivity contribution in [2.24, 2.45) is 11.1 Å². The minimum atomic E-state index is -0.245. The van der Waals surface area contributed by atoms with Crippen molar-refractivity contribution in [3.05, 3.63) is 35.9 Å². The highest BCUT2D eigenvalue weighted by Gasteiger charge is 2.40. The highest BCUT2D eigenvalue weighted by atomic mass is 16.1. The van der Waals surface area contributed by atoms with E-state index < -0.39 is 0 Å². The largest absolute Gasteiger partial charge is 0.368 e. The lowest BCUT2D eigenvalue weighted by Crippen LogP contribution is -2.43. The van der Waals surface area contributed by atoms with Gasteiger partial charge in [0.2, 0.25) is 5.91 Å². The van der Waals surface area contributed by atoms with Crippen LogP contribution in [0.3, 0.4) is 0 Å². The molecule has 0 bridgehead atoms. The third-order valence-electron chi connectivity index (χ3n) is 3.89. The SMILES string of the molecule is C[C@@H](NC(CC1(C)CC1)C(N)=O)c1ccccc1. The van der Waals surface area contributed by atoms with Crippen LogP contribution in [0.1, 0.15) is 44.7 Å². The van der Waals surface area contributed by atoms with Crippen LogP contribution in [0.25, 0.3) is 0 Å². The van der Waals surface area contributed by atoms with Gasteiger partial charge in [-0.1, -0.05) is 37.3 Å². The molecule has 0 aliphatic heterocycles. The molecule has 2 rings (SSSR count). The van der Waals surface area contributed by atoms with Gasteiger partial charge in [0.15, 0.2) is 0 Å². The number of nitrogens with one attached hydrogen (secondary N) is 1. The summed E-state index contributed by atoms with van der Waals surface area (Å²) in [6, 6.07) is 10.1. The highest BCUT2D eigenvalue weighted by molar-refractivity contribution is 5.80. The molecule has 0 saturated heterocycles. The van der Waals surface area contributed by atoms with E-state index in [1.807, 2.05) is 18.2 Å². The Morgan fingerprint density at radius 2 is 2.00 bits per heavy atom. The van der Waals surface area contributed by atoms with E-state index in [-0.39, 0.29) is 18.0 Å². The second kappa shape index (κ2) is 5.11. The van der Waals surface area contributed by atoms with Crippen molar-refractivity contribution in [2.45, 2.75) is 45.2 Å². The first-order valence-corrected chi connectivity index (χ1v) is 6.60. The molecule has 1 amide bonds. The Morgan fingerprint density at radius 1 is 1.39 bits per heavy atom. The van der Waals surface area contributed by atoms with Crippen LogP contribution in [-0.4, -0.2) is 11.9 Å². The van der Waals surface area contributed by atoms with Crippen molar-refractivity contribution in [2.75, 3.05) is 0 Å². The Labute approximate surface area is 109 Å². The number of rotatable bonds is 6. The summed E-state index contributed by atoms with van der Waals surface area (Å²) < 4.78 is 0. The third-order valence-corrected chi connectivity index (χ3v) is 3.89. The fraction of sp³-hybridized carbons (Fsp3) is 0.533. The first-order chi connectivity index (χ1) is 8.50. The molecule has 1 fully saturated rings. The van der Waals surface area contributed by atoms with E-state index in [9.17, 15) is 4.79 Å². The van der Waals surface area contributed by atoms with Crippen LogP contribution in [-0.2, 0) is 4.79 Å². The van der Waals surface area contributed by atoms with Gasteiger partial charge in [0.05, 0.1) is 6.04 Å². The van der Waals surface area contributed by atoms with Gasteiger partial charge in [-0.3, -0.25) is 10.1 Å². The van der Waals surface area contributed by atoms with E-state index in [0.717, 1.165) is 6.42 Å². The van der Waals surface area contributed by atoms with Gasteiger partial charge in [-0.05, 0) is 37.2 Å². The van der Waals surface area contributed by atoms with E-state index in [4.69, 9.17) is 5.73 Å². The van der Waals surface area contributed by atoms with Crippen molar-refractivity contribution in [1.82, 2.24) is 5.32 Å². The number of hydrogen-bond donors (Lipinski definition) is 2. The van der Waals surface area contributed by atoms with Crippen LogP contribution < -0.4 is 11.1 Å². The fourth-order valence-corrected chi connectivity index (χ4v) is 2.29. The number of carbonyl (C=O) groups is 1. The zero-order valence-corrected chi connectivity index (χ0v) is 11.1. The lowest BCUT2D eigenvalue weighted by atomic mass is 9.97. The van der Waals surface area contributed by atoms with Crippen LogP contribution >= 0.6 is 0 Å². The zero-order chi connectivity index (χ0) is 13.2. The minimum absolute atomic E-state index is 0.144. The summed E-state index contributed by atoms with van der Waals surface area (Å²) >= 11 is 0. The molecule has 98 valence electrons. The maximum Gasteiger partial charge on any atom is 0.234 e. The van der Waals surface area contributed by atoms with Gasteiger partial charge in [0.1, 0.15) is 0 Å². The van der Waals surface area contributed by atoms with Crippen molar-refractivity contribution < 1.29 is 4.79 Å². The normalized spacial score (nSPS) is 20.1. The molecule has 1 aromatic carbocycles. The summed E-state index contributed by atoms with van der Waals surface area (Å²) in [5.74, 6) is -0.245. The molecule has 1 aromatic rings. The van der Waals surface area contributed by atoms with Crippen LogP contribution in [0.15, 0.2) is 30.3 Å². The average Bonchev–Trinajstić information content (AvgIpc) is 3.07. The summed E-state index contributed by atoms with van der Waals surface area (Å²) in [6.07, 6.45) is 3.26. The van der Waals surface area contributed by atoms with Crippen molar-refractivity contribution >= 4 is 5.91 Å². The summed E-state index contributed by atoms with van der Waals surface area (Å²) in [4.78, 5) is 11.5. The summed E-state index contributed by atoms with van der Waals surface area (Å²) in [6.45, 7) is 4.29. The molecule has 18 heavy (non-hydrogen) atoms. The topological polar surface area (TPSA) is 55.1 Å². The second-order valence-electron chi connectivity index (χ2n) is 5.77. The Balaban J connectivity index is 1.98.